The third-order valence-electron chi connectivity index (χ3n) is 3.56. The van der Waals surface area contributed by atoms with Crippen LogP contribution in [0.1, 0.15) is 25.5 Å². The molecule has 0 aromatic heterocycles. The Balaban J connectivity index is 3.16. The van der Waals surface area contributed by atoms with Gasteiger partial charge in [0, 0.05) is 17.2 Å². The van der Waals surface area contributed by atoms with Crippen LogP contribution in [-0.2, 0) is 0 Å². The molecule has 1 unspecified atom stereocenters. The summed E-state index contributed by atoms with van der Waals surface area (Å²) in [5, 5.41) is 10.5. The maximum atomic E-state index is 10.5. The van der Waals surface area contributed by atoms with Crippen LogP contribution < -0.4 is 9.47 Å². The summed E-state index contributed by atoms with van der Waals surface area (Å²) in [6, 6.07) is 5.45. The van der Waals surface area contributed by atoms with Crippen LogP contribution in [0.3, 0.4) is 0 Å². The lowest BCUT2D eigenvalue weighted by atomic mass is 9.89. The Labute approximate surface area is 109 Å². The van der Waals surface area contributed by atoms with E-state index in [1.807, 2.05) is 45.0 Å². The number of aliphatic hydroxyl groups is 1. The molecule has 0 radical (unpaired) electrons. The zero-order chi connectivity index (χ0) is 13.9. The van der Waals surface area contributed by atoms with Crippen LogP contribution in [-0.4, -0.2) is 43.9 Å². The summed E-state index contributed by atoms with van der Waals surface area (Å²) in [7, 11) is 7.08. The SMILES string of the molecule is COc1ccc(C(O)C(C)(C)N(C)C)c(OC)c1. The maximum absolute atomic E-state index is 10.5. The first-order chi connectivity index (χ1) is 8.34. The van der Waals surface area contributed by atoms with Crippen LogP contribution in [0.4, 0.5) is 0 Å². The largest absolute Gasteiger partial charge is 0.497 e. The lowest BCUT2D eigenvalue weighted by Crippen LogP contribution is -2.43. The lowest BCUT2D eigenvalue weighted by Gasteiger charge is -2.37. The molecule has 0 heterocycles. The molecule has 0 saturated carbocycles. The maximum Gasteiger partial charge on any atom is 0.128 e. The van der Waals surface area contributed by atoms with Gasteiger partial charge in [0.15, 0.2) is 0 Å². The van der Waals surface area contributed by atoms with E-state index >= 15 is 0 Å². The Morgan fingerprint density at radius 2 is 1.78 bits per heavy atom. The van der Waals surface area contributed by atoms with Gasteiger partial charge in [-0.25, -0.2) is 0 Å². The van der Waals surface area contributed by atoms with Crippen LogP contribution >= 0.6 is 0 Å². The van der Waals surface area contributed by atoms with Crippen molar-refractivity contribution in [2.75, 3.05) is 28.3 Å². The molecular formula is C14H23NO3. The van der Waals surface area contributed by atoms with Gasteiger partial charge < -0.3 is 19.5 Å². The molecule has 102 valence electrons. The predicted molar refractivity (Wildman–Crippen MR) is 72.3 cm³/mol. The fourth-order valence-electron chi connectivity index (χ4n) is 1.67. The molecule has 0 aliphatic carbocycles. The fourth-order valence-corrected chi connectivity index (χ4v) is 1.67. The van der Waals surface area contributed by atoms with Gasteiger partial charge in [0.05, 0.1) is 14.2 Å². The number of rotatable bonds is 5. The highest BCUT2D eigenvalue weighted by atomic mass is 16.5. The highest BCUT2D eigenvalue weighted by Crippen LogP contribution is 2.36. The van der Waals surface area contributed by atoms with Crippen molar-refractivity contribution in [3.8, 4) is 11.5 Å². The Bertz CT molecular complexity index is 402. The Morgan fingerprint density at radius 3 is 2.22 bits per heavy atom. The number of benzene rings is 1. The van der Waals surface area contributed by atoms with Crippen molar-refractivity contribution in [1.82, 2.24) is 4.90 Å². The van der Waals surface area contributed by atoms with Crippen molar-refractivity contribution in [1.29, 1.82) is 0 Å². The second-order valence-corrected chi connectivity index (χ2v) is 5.06. The molecule has 4 nitrogen and oxygen atoms in total. The number of methoxy groups -OCH3 is 2. The molecule has 0 aliphatic rings. The van der Waals surface area contributed by atoms with Crippen LogP contribution in [0.25, 0.3) is 0 Å². The molecule has 18 heavy (non-hydrogen) atoms. The van der Waals surface area contributed by atoms with Gasteiger partial charge in [-0.2, -0.15) is 0 Å². The van der Waals surface area contributed by atoms with E-state index in [2.05, 4.69) is 0 Å². The van der Waals surface area contributed by atoms with Crippen molar-refractivity contribution >= 4 is 0 Å². The molecule has 1 rings (SSSR count). The van der Waals surface area contributed by atoms with Crippen molar-refractivity contribution in [2.45, 2.75) is 25.5 Å². The summed E-state index contributed by atoms with van der Waals surface area (Å²) in [4.78, 5) is 1.99. The molecule has 1 atom stereocenters. The third kappa shape index (κ3) is 2.76. The second-order valence-electron chi connectivity index (χ2n) is 5.06. The molecule has 0 amide bonds. The highest BCUT2D eigenvalue weighted by Gasteiger charge is 2.33. The van der Waals surface area contributed by atoms with Crippen LogP contribution in [0, 0.1) is 0 Å². The van der Waals surface area contributed by atoms with E-state index in [-0.39, 0.29) is 5.54 Å². The van der Waals surface area contributed by atoms with E-state index in [0.717, 1.165) is 5.56 Å². The molecule has 0 spiro atoms. The van der Waals surface area contributed by atoms with Gasteiger partial charge in [-0.15, -0.1) is 0 Å². The van der Waals surface area contributed by atoms with Gasteiger partial charge in [0.1, 0.15) is 17.6 Å². The molecule has 0 bridgehead atoms. The van der Waals surface area contributed by atoms with Crippen LogP contribution in [0.5, 0.6) is 11.5 Å². The average Bonchev–Trinajstić information content (AvgIpc) is 2.36. The summed E-state index contributed by atoms with van der Waals surface area (Å²) >= 11 is 0. The van der Waals surface area contributed by atoms with E-state index < -0.39 is 6.10 Å². The fraction of sp³-hybridized carbons (Fsp3) is 0.571. The number of nitrogens with zero attached hydrogens (tertiary/aromatic N) is 1. The van der Waals surface area contributed by atoms with Gasteiger partial charge in [0.25, 0.3) is 0 Å². The quantitative estimate of drug-likeness (QED) is 0.872. The third-order valence-corrected chi connectivity index (χ3v) is 3.56. The van der Waals surface area contributed by atoms with Crippen molar-refractivity contribution < 1.29 is 14.6 Å². The smallest absolute Gasteiger partial charge is 0.128 e. The minimum atomic E-state index is -0.645. The van der Waals surface area contributed by atoms with Crippen molar-refractivity contribution in [3.63, 3.8) is 0 Å². The van der Waals surface area contributed by atoms with E-state index in [0.29, 0.717) is 11.5 Å². The summed E-state index contributed by atoms with van der Waals surface area (Å²) in [6.45, 7) is 3.97. The summed E-state index contributed by atoms with van der Waals surface area (Å²) < 4.78 is 10.5. The molecule has 0 fully saturated rings. The van der Waals surface area contributed by atoms with E-state index in [9.17, 15) is 5.11 Å². The minimum absolute atomic E-state index is 0.387. The van der Waals surface area contributed by atoms with Gasteiger partial charge >= 0.3 is 0 Å². The Morgan fingerprint density at radius 1 is 1.17 bits per heavy atom. The van der Waals surface area contributed by atoms with Gasteiger partial charge in [0.2, 0.25) is 0 Å². The second kappa shape index (κ2) is 5.59. The predicted octanol–water partition coefficient (Wildman–Crippen LogP) is 2.08. The number of ether oxygens (including phenoxy) is 2. The number of aliphatic hydroxyl groups excluding tert-OH is 1. The molecular weight excluding hydrogens is 230 g/mol. The standard InChI is InChI=1S/C14H23NO3/c1-14(2,15(3)4)13(16)11-8-7-10(17-5)9-12(11)18-6/h7-9,13,16H,1-6H3. The van der Waals surface area contributed by atoms with Crippen molar-refractivity contribution in [3.05, 3.63) is 23.8 Å². The Hall–Kier alpha value is -1.26. The number of hydrogen-bond donors (Lipinski definition) is 1. The molecule has 1 aromatic rings. The first-order valence-corrected chi connectivity index (χ1v) is 5.92. The first kappa shape index (κ1) is 14.8. The first-order valence-electron chi connectivity index (χ1n) is 5.92. The van der Waals surface area contributed by atoms with Gasteiger partial charge in [-0.3, -0.25) is 0 Å². The topological polar surface area (TPSA) is 41.9 Å². The van der Waals surface area contributed by atoms with Crippen LogP contribution in [0.2, 0.25) is 0 Å². The molecule has 0 aliphatic heterocycles. The zero-order valence-corrected chi connectivity index (χ0v) is 12.0. The highest BCUT2D eigenvalue weighted by molar-refractivity contribution is 5.42. The number of likely N-dealkylation sites (N-methyl/N-ethyl adjacent to an activating group) is 1. The van der Waals surface area contributed by atoms with Crippen LogP contribution in [0.15, 0.2) is 18.2 Å². The zero-order valence-electron chi connectivity index (χ0n) is 12.0. The molecule has 0 saturated heterocycles. The lowest BCUT2D eigenvalue weighted by molar-refractivity contribution is 0.0149. The van der Waals surface area contributed by atoms with E-state index in [1.165, 1.54) is 0 Å². The summed E-state index contributed by atoms with van der Waals surface area (Å²) in [5.74, 6) is 1.35. The number of hydrogen-bond acceptors (Lipinski definition) is 4. The van der Waals surface area contributed by atoms with Gasteiger partial charge in [-0.05, 0) is 40.1 Å². The molecule has 1 N–H and O–H groups in total. The Kier molecular flexibility index (Phi) is 4.59. The van der Waals surface area contributed by atoms with Crippen molar-refractivity contribution in [2.24, 2.45) is 0 Å². The average molecular weight is 253 g/mol. The van der Waals surface area contributed by atoms with E-state index in [4.69, 9.17) is 9.47 Å². The monoisotopic (exact) mass is 253 g/mol. The minimum Gasteiger partial charge on any atom is -0.497 e. The normalized spacial score (nSPS) is 13.6. The van der Waals surface area contributed by atoms with E-state index in [1.54, 1.807) is 20.3 Å². The summed E-state index contributed by atoms with van der Waals surface area (Å²) in [5.41, 5.74) is 0.374. The molecule has 1 aromatic carbocycles. The van der Waals surface area contributed by atoms with Gasteiger partial charge in [-0.1, -0.05) is 0 Å². The molecule has 4 heteroatoms. The summed E-state index contributed by atoms with van der Waals surface area (Å²) in [6.07, 6.45) is -0.645.